The van der Waals surface area contributed by atoms with E-state index in [1.165, 1.54) is 0 Å². The average Bonchev–Trinajstić information content (AvgIpc) is 3.16. The fourth-order valence-corrected chi connectivity index (χ4v) is 2.57. The Morgan fingerprint density at radius 3 is 2.59 bits per heavy atom. The van der Waals surface area contributed by atoms with E-state index in [-0.39, 0.29) is 12.6 Å². The van der Waals surface area contributed by atoms with Crippen LogP contribution in [0.5, 0.6) is 5.75 Å². The number of para-hydroxylation sites is 1. The highest BCUT2D eigenvalue weighted by Gasteiger charge is 2.17. The molecule has 2 amide bonds. The van der Waals surface area contributed by atoms with Crippen LogP contribution in [-0.4, -0.2) is 34.7 Å². The monoisotopic (exact) mass is 366 g/mol. The molecular formula is C20H22N4O3. The van der Waals surface area contributed by atoms with Gasteiger partial charge in [0.25, 0.3) is 0 Å². The Hall–Kier alpha value is -3.35. The predicted molar refractivity (Wildman–Crippen MR) is 103 cm³/mol. The fraction of sp³-hybridized carbons (Fsp3) is 0.250. The molecule has 0 fully saturated rings. The summed E-state index contributed by atoms with van der Waals surface area (Å²) in [6.07, 6.45) is 0. The van der Waals surface area contributed by atoms with Crippen LogP contribution in [0.1, 0.15) is 18.4 Å². The molecule has 7 nitrogen and oxygen atoms in total. The van der Waals surface area contributed by atoms with Gasteiger partial charge in [0, 0.05) is 17.8 Å². The zero-order valence-electron chi connectivity index (χ0n) is 15.6. The van der Waals surface area contributed by atoms with Gasteiger partial charge in [0.1, 0.15) is 12.3 Å². The maximum Gasteiger partial charge on any atom is 0.322 e. The number of aromatic nitrogens is 2. The van der Waals surface area contributed by atoms with E-state index in [2.05, 4.69) is 15.5 Å². The molecule has 0 saturated carbocycles. The van der Waals surface area contributed by atoms with Crippen molar-refractivity contribution in [3.8, 4) is 17.1 Å². The molecule has 3 rings (SSSR count). The minimum absolute atomic E-state index is 0.212. The van der Waals surface area contributed by atoms with Gasteiger partial charge in [0.2, 0.25) is 11.7 Å². The molecule has 0 saturated heterocycles. The quantitative estimate of drug-likeness (QED) is 0.710. The molecule has 7 heteroatoms. The molecule has 27 heavy (non-hydrogen) atoms. The molecule has 140 valence electrons. The molecule has 3 aromatic rings. The van der Waals surface area contributed by atoms with Crippen LogP contribution in [0.2, 0.25) is 0 Å². The van der Waals surface area contributed by atoms with Crippen LogP contribution in [0.4, 0.5) is 10.5 Å². The minimum atomic E-state index is -0.212. The van der Waals surface area contributed by atoms with Gasteiger partial charge in [0.15, 0.2) is 0 Å². The molecule has 0 unspecified atom stereocenters. The standard InChI is InChI=1S/C20H22N4O3/c1-4-24(20(25)21-17-8-6-5-7-14(17)2)13-18-22-19(23-27-18)15-9-11-16(26-3)12-10-15/h5-12H,4,13H2,1-3H3,(H,21,25). The Labute approximate surface area is 158 Å². The molecule has 0 radical (unpaired) electrons. The van der Waals surface area contributed by atoms with Gasteiger partial charge >= 0.3 is 6.03 Å². The van der Waals surface area contributed by atoms with E-state index in [0.717, 1.165) is 22.6 Å². The van der Waals surface area contributed by atoms with E-state index in [4.69, 9.17) is 9.26 Å². The van der Waals surface area contributed by atoms with Crippen LogP contribution >= 0.6 is 0 Å². The summed E-state index contributed by atoms with van der Waals surface area (Å²) in [5.74, 6) is 1.61. The summed E-state index contributed by atoms with van der Waals surface area (Å²) in [4.78, 5) is 18.6. The molecule has 0 spiro atoms. The predicted octanol–water partition coefficient (Wildman–Crippen LogP) is 4.11. The Bertz CT molecular complexity index is 906. The van der Waals surface area contributed by atoms with E-state index >= 15 is 0 Å². The molecule has 0 aliphatic carbocycles. The summed E-state index contributed by atoms with van der Waals surface area (Å²) < 4.78 is 10.5. The van der Waals surface area contributed by atoms with Crippen LogP contribution < -0.4 is 10.1 Å². The number of hydrogen-bond donors (Lipinski definition) is 1. The molecular weight excluding hydrogens is 344 g/mol. The second-order valence-electron chi connectivity index (χ2n) is 6.00. The summed E-state index contributed by atoms with van der Waals surface area (Å²) >= 11 is 0. The summed E-state index contributed by atoms with van der Waals surface area (Å²) in [7, 11) is 1.61. The third-order valence-electron chi connectivity index (χ3n) is 4.20. The Morgan fingerprint density at radius 2 is 1.93 bits per heavy atom. The van der Waals surface area contributed by atoms with Crippen molar-refractivity contribution in [3.63, 3.8) is 0 Å². The van der Waals surface area contributed by atoms with Crippen LogP contribution in [0.15, 0.2) is 53.1 Å². The number of hydrogen-bond acceptors (Lipinski definition) is 5. The number of methoxy groups -OCH3 is 1. The number of carbonyl (C=O) groups is 1. The van der Waals surface area contributed by atoms with Gasteiger partial charge in [-0.2, -0.15) is 4.98 Å². The highest BCUT2D eigenvalue weighted by Crippen LogP contribution is 2.20. The first-order valence-corrected chi connectivity index (χ1v) is 8.69. The largest absolute Gasteiger partial charge is 0.497 e. The number of anilines is 1. The lowest BCUT2D eigenvalue weighted by molar-refractivity contribution is 0.203. The zero-order chi connectivity index (χ0) is 19.2. The van der Waals surface area contributed by atoms with E-state index in [0.29, 0.717) is 18.3 Å². The van der Waals surface area contributed by atoms with Gasteiger partial charge in [-0.1, -0.05) is 23.4 Å². The van der Waals surface area contributed by atoms with Gasteiger partial charge < -0.3 is 19.5 Å². The van der Waals surface area contributed by atoms with E-state index in [9.17, 15) is 4.79 Å². The second-order valence-corrected chi connectivity index (χ2v) is 6.00. The number of nitrogens with one attached hydrogen (secondary N) is 1. The number of ether oxygens (including phenoxy) is 1. The minimum Gasteiger partial charge on any atom is -0.497 e. The molecule has 1 heterocycles. The van der Waals surface area contributed by atoms with Crippen molar-refractivity contribution in [2.75, 3.05) is 19.0 Å². The number of aryl methyl sites for hydroxylation is 1. The SMILES string of the molecule is CCN(Cc1nc(-c2ccc(OC)cc2)no1)C(=O)Nc1ccccc1C. The lowest BCUT2D eigenvalue weighted by Crippen LogP contribution is -2.34. The first kappa shape index (κ1) is 18.4. The number of benzene rings is 2. The summed E-state index contributed by atoms with van der Waals surface area (Å²) in [5, 5.41) is 6.92. The number of carbonyl (C=O) groups excluding carboxylic acids is 1. The van der Waals surface area contributed by atoms with Gasteiger partial charge in [-0.25, -0.2) is 4.79 Å². The molecule has 2 aromatic carbocycles. The number of amides is 2. The van der Waals surface area contributed by atoms with Gasteiger partial charge in [-0.05, 0) is 49.7 Å². The third kappa shape index (κ3) is 4.44. The van der Waals surface area contributed by atoms with E-state index < -0.39 is 0 Å². The van der Waals surface area contributed by atoms with Crippen LogP contribution in [-0.2, 0) is 6.54 Å². The lowest BCUT2D eigenvalue weighted by Gasteiger charge is -2.20. The molecule has 0 aliphatic rings. The van der Waals surface area contributed by atoms with E-state index in [1.807, 2.05) is 62.4 Å². The Balaban J connectivity index is 1.68. The summed E-state index contributed by atoms with van der Waals surface area (Å²) in [6.45, 7) is 4.60. The van der Waals surface area contributed by atoms with Gasteiger partial charge in [-0.3, -0.25) is 0 Å². The molecule has 0 aliphatic heterocycles. The number of rotatable bonds is 6. The van der Waals surface area contributed by atoms with Gasteiger partial charge in [-0.15, -0.1) is 0 Å². The molecule has 0 bridgehead atoms. The smallest absolute Gasteiger partial charge is 0.322 e. The van der Waals surface area contributed by atoms with Crippen LogP contribution in [0.25, 0.3) is 11.4 Å². The lowest BCUT2D eigenvalue weighted by atomic mass is 10.2. The van der Waals surface area contributed by atoms with Crippen molar-refractivity contribution >= 4 is 11.7 Å². The first-order chi connectivity index (χ1) is 13.1. The topological polar surface area (TPSA) is 80.5 Å². The second kappa shape index (κ2) is 8.35. The number of nitrogens with zero attached hydrogens (tertiary/aromatic N) is 3. The summed E-state index contributed by atoms with van der Waals surface area (Å²) in [6, 6.07) is 14.8. The molecule has 1 aromatic heterocycles. The summed E-state index contributed by atoms with van der Waals surface area (Å²) in [5.41, 5.74) is 2.60. The normalized spacial score (nSPS) is 10.5. The molecule has 1 N–H and O–H groups in total. The molecule has 0 atom stereocenters. The highest BCUT2D eigenvalue weighted by atomic mass is 16.5. The number of urea groups is 1. The maximum atomic E-state index is 12.6. The fourth-order valence-electron chi connectivity index (χ4n) is 2.57. The maximum absolute atomic E-state index is 12.6. The van der Waals surface area contributed by atoms with Crippen molar-refractivity contribution < 1.29 is 14.1 Å². The van der Waals surface area contributed by atoms with Crippen LogP contribution in [0, 0.1) is 6.92 Å². The van der Waals surface area contributed by atoms with Crippen molar-refractivity contribution in [3.05, 3.63) is 60.0 Å². The Morgan fingerprint density at radius 1 is 1.19 bits per heavy atom. The Kier molecular flexibility index (Phi) is 5.71. The average molecular weight is 366 g/mol. The zero-order valence-corrected chi connectivity index (χ0v) is 15.6. The van der Waals surface area contributed by atoms with Crippen molar-refractivity contribution in [1.29, 1.82) is 0 Å². The first-order valence-electron chi connectivity index (χ1n) is 8.69. The van der Waals surface area contributed by atoms with Gasteiger partial charge in [0.05, 0.1) is 7.11 Å². The van der Waals surface area contributed by atoms with E-state index in [1.54, 1.807) is 12.0 Å². The van der Waals surface area contributed by atoms with Crippen molar-refractivity contribution in [2.45, 2.75) is 20.4 Å². The van der Waals surface area contributed by atoms with Crippen molar-refractivity contribution in [2.24, 2.45) is 0 Å². The van der Waals surface area contributed by atoms with Crippen LogP contribution in [0.3, 0.4) is 0 Å². The third-order valence-corrected chi connectivity index (χ3v) is 4.20. The highest BCUT2D eigenvalue weighted by molar-refractivity contribution is 5.90. The van der Waals surface area contributed by atoms with Crippen molar-refractivity contribution in [1.82, 2.24) is 15.0 Å².